The number of nitriles is 1. The zero-order valence-corrected chi connectivity index (χ0v) is 25.0. The number of benzene rings is 1. The Bertz CT molecular complexity index is 1610. The van der Waals surface area contributed by atoms with Crippen LogP contribution in [0.1, 0.15) is 63.2 Å². The summed E-state index contributed by atoms with van der Waals surface area (Å²) < 4.78 is 54.6. The zero-order chi connectivity index (χ0) is 31.9. The van der Waals surface area contributed by atoms with E-state index >= 15 is 0 Å². The molecular weight excluding hydrogens is 562 g/mol. The molecule has 1 saturated heterocycles. The molecule has 2 unspecified atom stereocenters. The van der Waals surface area contributed by atoms with E-state index in [-0.39, 0.29) is 11.7 Å². The van der Waals surface area contributed by atoms with E-state index in [1.807, 2.05) is 45.6 Å². The third-order valence-electron chi connectivity index (χ3n) is 6.93. The molecule has 2 atom stereocenters. The van der Waals surface area contributed by atoms with E-state index in [0.717, 1.165) is 12.3 Å². The maximum absolute atomic E-state index is 13.7. The van der Waals surface area contributed by atoms with Gasteiger partial charge in [0.15, 0.2) is 5.82 Å². The van der Waals surface area contributed by atoms with Gasteiger partial charge >= 0.3 is 11.9 Å². The topological polar surface area (TPSA) is 90.9 Å². The first kappa shape index (κ1) is 33.1. The van der Waals surface area contributed by atoms with Gasteiger partial charge in [-0.25, -0.2) is 14.2 Å². The lowest BCUT2D eigenvalue weighted by atomic mass is 9.98. The summed E-state index contributed by atoms with van der Waals surface area (Å²) in [4.78, 5) is 29.4. The number of aromatic nitrogens is 4. The number of halogens is 4. The average Bonchev–Trinajstić information content (AvgIpc) is 3.02. The lowest BCUT2D eigenvalue weighted by molar-refractivity contribution is -0.137. The molecule has 0 bridgehead atoms. The van der Waals surface area contributed by atoms with Crippen molar-refractivity contribution in [3.8, 4) is 6.07 Å². The van der Waals surface area contributed by atoms with Crippen LogP contribution in [-0.4, -0.2) is 50.1 Å². The van der Waals surface area contributed by atoms with Crippen molar-refractivity contribution < 1.29 is 17.6 Å². The number of rotatable bonds is 4. The number of fused-ring (bicyclic) bond motifs is 1. The lowest BCUT2D eigenvalue weighted by Crippen LogP contribution is -2.53. The highest BCUT2D eigenvalue weighted by Gasteiger charge is 2.35. The van der Waals surface area contributed by atoms with Crippen LogP contribution in [0.15, 0.2) is 59.5 Å². The van der Waals surface area contributed by atoms with Crippen LogP contribution in [0, 0.1) is 17.1 Å². The van der Waals surface area contributed by atoms with E-state index in [9.17, 15) is 27.6 Å². The molecule has 0 amide bonds. The largest absolute Gasteiger partial charge is 0.417 e. The SMILES string of the molecule is CC.CC.CC1CN(C(c2ccc(F)cc2)c2ccc(C(F)(F)F)cn2)CCN1c1nc(=O)n(C)c2ccc(C#N)nc12. The molecule has 1 fully saturated rings. The van der Waals surface area contributed by atoms with E-state index < -0.39 is 29.3 Å². The van der Waals surface area contributed by atoms with Gasteiger partial charge in [0.05, 0.1) is 22.8 Å². The lowest BCUT2D eigenvalue weighted by Gasteiger charge is -2.43. The quantitative estimate of drug-likeness (QED) is 0.262. The summed E-state index contributed by atoms with van der Waals surface area (Å²) in [6.45, 7) is 11.2. The predicted octanol–water partition coefficient (Wildman–Crippen LogP) is 6.11. The molecule has 0 saturated carbocycles. The third kappa shape index (κ3) is 7.17. The summed E-state index contributed by atoms with van der Waals surface area (Å²) in [6, 6.07) is 12.6. The van der Waals surface area contributed by atoms with Crippen LogP contribution < -0.4 is 10.6 Å². The first-order valence-electron chi connectivity index (χ1n) is 14.1. The van der Waals surface area contributed by atoms with Gasteiger partial charge in [-0.3, -0.25) is 14.5 Å². The fourth-order valence-corrected chi connectivity index (χ4v) is 4.95. The maximum atomic E-state index is 13.7. The second-order valence-electron chi connectivity index (χ2n) is 9.41. The van der Waals surface area contributed by atoms with Crippen LogP contribution in [0.2, 0.25) is 0 Å². The Labute approximate surface area is 248 Å². The fraction of sp³-hybridized carbons (Fsp3) is 0.387. The summed E-state index contributed by atoms with van der Waals surface area (Å²) >= 11 is 0. The number of alkyl halides is 3. The molecule has 0 radical (unpaired) electrons. The fourth-order valence-electron chi connectivity index (χ4n) is 4.95. The van der Waals surface area contributed by atoms with Crippen molar-refractivity contribution in [1.82, 2.24) is 24.4 Å². The molecule has 1 aliphatic rings. The predicted molar refractivity (Wildman–Crippen MR) is 158 cm³/mol. The van der Waals surface area contributed by atoms with Gasteiger partial charge in [0.2, 0.25) is 0 Å². The Morgan fingerprint density at radius 1 is 0.977 bits per heavy atom. The van der Waals surface area contributed by atoms with Crippen molar-refractivity contribution in [1.29, 1.82) is 5.26 Å². The van der Waals surface area contributed by atoms with Gasteiger partial charge in [0.25, 0.3) is 0 Å². The highest BCUT2D eigenvalue weighted by molar-refractivity contribution is 5.86. The molecule has 1 aromatic carbocycles. The average molecular weight is 598 g/mol. The van der Waals surface area contributed by atoms with Gasteiger partial charge in [-0.2, -0.15) is 23.4 Å². The molecule has 12 heteroatoms. The van der Waals surface area contributed by atoms with E-state index in [0.29, 0.717) is 47.7 Å². The summed E-state index contributed by atoms with van der Waals surface area (Å²) in [5.74, 6) is -0.0627. The van der Waals surface area contributed by atoms with E-state index in [4.69, 9.17) is 0 Å². The molecule has 43 heavy (non-hydrogen) atoms. The van der Waals surface area contributed by atoms with Crippen molar-refractivity contribution in [2.75, 3.05) is 24.5 Å². The molecule has 0 spiro atoms. The second kappa shape index (κ2) is 14.2. The van der Waals surface area contributed by atoms with Gasteiger partial charge < -0.3 is 4.90 Å². The molecule has 0 N–H and O–H groups in total. The number of aryl methyl sites for hydroxylation is 1. The molecule has 5 rings (SSSR count). The van der Waals surface area contributed by atoms with Crippen molar-refractivity contribution in [3.05, 3.63) is 93.5 Å². The van der Waals surface area contributed by atoms with Crippen LogP contribution in [0.3, 0.4) is 0 Å². The van der Waals surface area contributed by atoms with Gasteiger partial charge in [0.1, 0.15) is 23.1 Å². The number of piperazine rings is 1. The Morgan fingerprint density at radius 2 is 1.65 bits per heavy atom. The minimum absolute atomic E-state index is 0.195. The van der Waals surface area contributed by atoms with Gasteiger partial charge in [-0.05, 0) is 48.9 Å². The Morgan fingerprint density at radius 3 is 2.21 bits per heavy atom. The first-order chi connectivity index (χ1) is 20.6. The summed E-state index contributed by atoms with van der Waals surface area (Å²) in [5, 5.41) is 9.35. The van der Waals surface area contributed by atoms with Crippen molar-refractivity contribution in [2.45, 2.75) is 52.9 Å². The Kier molecular flexibility index (Phi) is 10.9. The molecule has 1 aliphatic heterocycles. The second-order valence-corrected chi connectivity index (χ2v) is 9.41. The zero-order valence-electron chi connectivity index (χ0n) is 25.0. The van der Waals surface area contributed by atoms with Crippen molar-refractivity contribution >= 4 is 16.9 Å². The van der Waals surface area contributed by atoms with Crippen LogP contribution in [0.5, 0.6) is 0 Å². The first-order valence-corrected chi connectivity index (χ1v) is 14.1. The standard InChI is InChI=1S/C27H23F4N7O.2C2H6/c1-16-15-37(11-12-38(16)25-23-22(36(2)26(39)35-25)10-8-20(13-32)34-23)24(17-3-6-19(28)7-4-17)21-9-5-18(14-33-21)27(29,30)31;2*1-2/h3-10,14,16,24H,11-12,15H2,1-2H3;2*1-2H3. The molecule has 228 valence electrons. The summed E-state index contributed by atoms with van der Waals surface area (Å²) in [7, 11) is 1.58. The molecular formula is C31H35F4N7O. The van der Waals surface area contributed by atoms with Crippen molar-refractivity contribution in [2.24, 2.45) is 7.05 Å². The minimum Gasteiger partial charge on any atom is -0.349 e. The number of anilines is 1. The highest BCUT2D eigenvalue weighted by atomic mass is 19.4. The van der Waals surface area contributed by atoms with Crippen LogP contribution in [0.4, 0.5) is 23.4 Å². The number of pyridine rings is 2. The Balaban J connectivity index is 0.00000121. The van der Waals surface area contributed by atoms with Crippen LogP contribution in [-0.2, 0) is 13.2 Å². The Hall–Kier alpha value is -4.37. The van der Waals surface area contributed by atoms with E-state index in [1.54, 1.807) is 25.2 Å². The molecule has 8 nitrogen and oxygen atoms in total. The summed E-state index contributed by atoms with van der Waals surface area (Å²) in [6.07, 6.45) is -3.71. The van der Waals surface area contributed by atoms with Gasteiger partial charge in [-0.1, -0.05) is 39.8 Å². The van der Waals surface area contributed by atoms with Gasteiger partial charge in [0, 0.05) is 38.9 Å². The summed E-state index contributed by atoms with van der Waals surface area (Å²) in [5.41, 5.74) is 0.925. The smallest absolute Gasteiger partial charge is 0.349 e. The minimum atomic E-state index is -4.51. The van der Waals surface area contributed by atoms with E-state index in [1.165, 1.54) is 28.8 Å². The van der Waals surface area contributed by atoms with E-state index in [2.05, 4.69) is 19.9 Å². The van der Waals surface area contributed by atoms with Crippen molar-refractivity contribution in [3.63, 3.8) is 0 Å². The number of nitrogens with zero attached hydrogens (tertiary/aromatic N) is 7. The number of hydrogen-bond donors (Lipinski definition) is 0. The van der Waals surface area contributed by atoms with Gasteiger partial charge in [-0.15, -0.1) is 0 Å². The third-order valence-corrected chi connectivity index (χ3v) is 6.93. The normalized spacial score (nSPS) is 15.9. The van der Waals surface area contributed by atoms with Crippen LogP contribution in [0.25, 0.3) is 11.0 Å². The molecule has 4 aromatic rings. The monoisotopic (exact) mass is 597 g/mol. The highest BCUT2D eigenvalue weighted by Crippen LogP contribution is 2.34. The molecule has 3 aromatic heterocycles. The maximum Gasteiger partial charge on any atom is 0.417 e. The number of hydrogen-bond acceptors (Lipinski definition) is 7. The van der Waals surface area contributed by atoms with Crippen LogP contribution >= 0.6 is 0 Å². The molecule has 4 heterocycles. The molecule has 0 aliphatic carbocycles.